The molecular weight excluding hydrogens is 276 g/mol. The van der Waals surface area contributed by atoms with Gasteiger partial charge in [-0.2, -0.15) is 0 Å². The van der Waals surface area contributed by atoms with E-state index in [2.05, 4.69) is 24.3 Å². The van der Waals surface area contributed by atoms with Crippen LogP contribution in [0.4, 0.5) is 4.79 Å². The van der Waals surface area contributed by atoms with Gasteiger partial charge in [0.25, 0.3) is 0 Å². The molecule has 1 aromatic carbocycles. The quantitative estimate of drug-likeness (QED) is 0.785. The Labute approximate surface area is 131 Å². The van der Waals surface area contributed by atoms with E-state index in [9.17, 15) is 4.79 Å². The van der Waals surface area contributed by atoms with Gasteiger partial charge in [-0.15, -0.1) is 0 Å². The van der Waals surface area contributed by atoms with Crippen LogP contribution in [-0.2, 0) is 11.3 Å². The van der Waals surface area contributed by atoms with Crippen molar-refractivity contribution in [3.8, 4) is 0 Å². The van der Waals surface area contributed by atoms with Crippen LogP contribution in [0.15, 0.2) is 47.5 Å². The van der Waals surface area contributed by atoms with Crippen molar-refractivity contribution in [2.75, 3.05) is 20.2 Å². The molecular formula is C18H22N2O2. The number of carbonyl (C=O) groups excluding carboxylic acids is 1. The number of allylic oxidation sites excluding steroid dienone is 1. The van der Waals surface area contributed by atoms with Crippen LogP contribution < -0.4 is 0 Å². The zero-order valence-electron chi connectivity index (χ0n) is 13.0. The minimum atomic E-state index is -0.238. The number of nitrogens with zero attached hydrogens (tertiary/aromatic N) is 2. The summed E-state index contributed by atoms with van der Waals surface area (Å²) in [5, 5.41) is 0. The van der Waals surface area contributed by atoms with Crippen LogP contribution in [0, 0.1) is 5.41 Å². The summed E-state index contributed by atoms with van der Waals surface area (Å²) in [5.41, 5.74) is 2.37. The molecule has 0 N–H and O–H groups in total. The van der Waals surface area contributed by atoms with Gasteiger partial charge in [-0.1, -0.05) is 42.5 Å². The SMILES string of the molecule is COC(=O)N1CCC2(C=CCCC2=NCc2ccccc2)C1. The average molecular weight is 298 g/mol. The first-order valence-corrected chi connectivity index (χ1v) is 7.82. The zero-order chi connectivity index (χ0) is 15.4. The van der Waals surface area contributed by atoms with Crippen molar-refractivity contribution in [2.24, 2.45) is 10.4 Å². The van der Waals surface area contributed by atoms with E-state index < -0.39 is 0 Å². The number of rotatable bonds is 2. The molecule has 116 valence electrons. The van der Waals surface area contributed by atoms with Gasteiger partial charge >= 0.3 is 6.09 Å². The molecule has 1 amide bonds. The Morgan fingerprint density at radius 1 is 1.36 bits per heavy atom. The van der Waals surface area contributed by atoms with Crippen molar-refractivity contribution in [2.45, 2.75) is 25.8 Å². The van der Waals surface area contributed by atoms with Gasteiger partial charge in [-0.05, 0) is 24.8 Å². The molecule has 1 aliphatic carbocycles. The first-order chi connectivity index (χ1) is 10.7. The fourth-order valence-corrected chi connectivity index (χ4v) is 3.37. The van der Waals surface area contributed by atoms with Crippen LogP contribution in [0.1, 0.15) is 24.8 Å². The Bertz CT molecular complexity index is 594. The fourth-order valence-electron chi connectivity index (χ4n) is 3.37. The Kier molecular flexibility index (Phi) is 4.27. The number of amides is 1. The third kappa shape index (κ3) is 2.91. The summed E-state index contributed by atoms with van der Waals surface area (Å²) in [6.07, 6.45) is 7.20. The third-order valence-corrected chi connectivity index (χ3v) is 4.59. The van der Waals surface area contributed by atoms with Crippen LogP contribution in [0.2, 0.25) is 0 Å². The molecule has 1 aliphatic heterocycles. The average Bonchev–Trinajstić information content (AvgIpc) is 2.99. The van der Waals surface area contributed by atoms with Crippen molar-refractivity contribution < 1.29 is 9.53 Å². The molecule has 2 aliphatic rings. The van der Waals surface area contributed by atoms with Crippen molar-refractivity contribution in [1.29, 1.82) is 0 Å². The number of hydrogen-bond donors (Lipinski definition) is 0. The smallest absolute Gasteiger partial charge is 0.409 e. The lowest BCUT2D eigenvalue weighted by Crippen LogP contribution is -2.37. The van der Waals surface area contributed by atoms with Crippen molar-refractivity contribution in [1.82, 2.24) is 4.90 Å². The number of aliphatic imine (C=N–C) groups is 1. The predicted molar refractivity (Wildman–Crippen MR) is 87.0 cm³/mol. The first-order valence-electron chi connectivity index (χ1n) is 7.82. The molecule has 0 aromatic heterocycles. The van der Waals surface area contributed by atoms with Gasteiger partial charge in [0.2, 0.25) is 0 Å². The van der Waals surface area contributed by atoms with E-state index in [4.69, 9.17) is 9.73 Å². The maximum Gasteiger partial charge on any atom is 0.409 e. The lowest BCUT2D eigenvalue weighted by atomic mass is 9.76. The van der Waals surface area contributed by atoms with E-state index in [-0.39, 0.29) is 11.5 Å². The molecule has 22 heavy (non-hydrogen) atoms. The maximum atomic E-state index is 11.8. The molecule has 1 heterocycles. The number of likely N-dealkylation sites (tertiary alicyclic amines) is 1. The highest BCUT2D eigenvalue weighted by atomic mass is 16.5. The molecule has 1 fully saturated rings. The van der Waals surface area contributed by atoms with Gasteiger partial charge in [0.15, 0.2) is 0 Å². The molecule has 4 nitrogen and oxygen atoms in total. The third-order valence-electron chi connectivity index (χ3n) is 4.59. The number of methoxy groups -OCH3 is 1. The molecule has 0 bridgehead atoms. The summed E-state index contributed by atoms with van der Waals surface area (Å²) in [5.74, 6) is 0. The topological polar surface area (TPSA) is 41.9 Å². The molecule has 1 spiro atoms. The van der Waals surface area contributed by atoms with E-state index in [1.165, 1.54) is 18.4 Å². The summed E-state index contributed by atoms with van der Waals surface area (Å²) in [6, 6.07) is 10.3. The summed E-state index contributed by atoms with van der Waals surface area (Å²) in [6.45, 7) is 2.13. The summed E-state index contributed by atoms with van der Waals surface area (Å²) < 4.78 is 4.86. The van der Waals surface area contributed by atoms with Crippen LogP contribution in [-0.4, -0.2) is 36.9 Å². The summed E-state index contributed by atoms with van der Waals surface area (Å²) in [7, 11) is 1.44. The zero-order valence-corrected chi connectivity index (χ0v) is 13.0. The van der Waals surface area contributed by atoms with Gasteiger partial charge in [-0.3, -0.25) is 4.99 Å². The van der Waals surface area contributed by atoms with Crippen LogP contribution >= 0.6 is 0 Å². The fraction of sp³-hybridized carbons (Fsp3) is 0.444. The van der Waals surface area contributed by atoms with Crippen molar-refractivity contribution in [3.63, 3.8) is 0 Å². The number of hydrogen-bond acceptors (Lipinski definition) is 3. The Morgan fingerprint density at radius 3 is 2.95 bits per heavy atom. The van der Waals surface area contributed by atoms with Gasteiger partial charge in [0.1, 0.15) is 0 Å². The molecule has 1 saturated heterocycles. The summed E-state index contributed by atoms with van der Waals surface area (Å²) >= 11 is 0. The van der Waals surface area contributed by atoms with Crippen LogP contribution in [0.25, 0.3) is 0 Å². The van der Waals surface area contributed by atoms with E-state index in [1.54, 1.807) is 4.90 Å². The van der Waals surface area contributed by atoms with Crippen LogP contribution in [0.5, 0.6) is 0 Å². The highest BCUT2D eigenvalue weighted by molar-refractivity contribution is 5.94. The van der Waals surface area contributed by atoms with Gasteiger partial charge in [-0.25, -0.2) is 4.79 Å². The normalized spacial score (nSPS) is 25.9. The van der Waals surface area contributed by atoms with Gasteiger partial charge in [0.05, 0.1) is 13.7 Å². The van der Waals surface area contributed by atoms with Gasteiger partial charge < -0.3 is 9.64 Å². The minimum Gasteiger partial charge on any atom is -0.453 e. The molecule has 0 saturated carbocycles. The first kappa shape index (κ1) is 14.8. The summed E-state index contributed by atoms with van der Waals surface area (Å²) in [4.78, 5) is 18.4. The van der Waals surface area contributed by atoms with Crippen molar-refractivity contribution >= 4 is 11.8 Å². The largest absolute Gasteiger partial charge is 0.453 e. The number of ether oxygens (including phenoxy) is 1. The van der Waals surface area contributed by atoms with E-state index in [0.717, 1.165) is 25.8 Å². The molecule has 0 radical (unpaired) electrons. The number of benzene rings is 1. The Morgan fingerprint density at radius 2 is 2.18 bits per heavy atom. The second-order valence-electron chi connectivity index (χ2n) is 5.99. The minimum absolute atomic E-state index is 0.0821. The van der Waals surface area contributed by atoms with E-state index in [0.29, 0.717) is 13.1 Å². The predicted octanol–water partition coefficient (Wildman–Crippen LogP) is 3.44. The second-order valence-corrected chi connectivity index (χ2v) is 5.99. The lowest BCUT2D eigenvalue weighted by Gasteiger charge is -2.30. The lowest BCUT2D eigenvalue weighted by molar-refractivity contribution is 0.131. The van der Waals surface area contributed by atoms with Crippen molar-refractivity contribution in [3.05, 3.63) is 48.0 Å². The van der Waals surface area contributed by atoms with E-state index in [1.807, 2.05) is 18.2 Å². The maximum absolute atomic E-state index is 11.8. The highest BCUT2D eigenvalue weighted by Crippen LogP contribution is 2.38. The van der Waals surface area contributed by atoms with Gasteiger partial charge in [0, 0.05) is 24.2 Å². The Balaban J connectivity index is 1.78. The Hall–Kier alpha value is -2.10. The molecule has 1 unspecified atom stereocenters. The second kappa shape index (κ2) is 6.34. The molecule has 1 atom stereocenters. The number of carbonyl (C=O) groups is 1. The van der Waals surface area contributed by atoms with Crippen LogP contribution in [0.3, 0.4) is 0 Å². The monoisotopic (exact) mass is 298 g/mol. The molecule has 4 heteroatoms. The van der Waals surface area contributed by atoms with E-state index >= 15 is 0 Å². The molecule has 1 aromatic rings. The standard InChI is InChI=1S/C18H22N2O2/c1-22-17(21)20-12-11-18(14-20)10-6-5-9-16(18)19-13-15-7-3-2-4-8-15/h2-4,6-8,10H,5,9,11-14H2,1H3. The highest BCUT2D eigenvalue weighted by Gasteiger charge is 2.43. The molecule has 3 rings (SSSR count).